The number of hydrogen-bond donors (Lipinski definition) is 2. The van der Waals surface area contributed by atoms with Crippen molar-refractivity contribution in [3.63, 3.8) is 0 Å². The predicted octanol–water partition coefficient (Wildman–Crippen LogP) is 1.86. The van der Waals surface area contributed by atoms with Gasteiger partial charge in [-0.25, -0.2) is 4.68 Å². The molecule has 0 bridgehead atoms. The fraction of sp³-hybridized carbons (Fsp3) is 0.118. The Balaban J connectivity index is 1.66. The fourth-order valence-corrected chi connectivity index (χ4v) is 2.63. The predicted molar refractivity (Wildman–Crippen MR) is 90.6 cm³/mol. The number of pyridine rings is 1. The Bertz CT molecular complexity index is 923. The molecule has 8 nitrogen and oxygen atoms in total. The lowest BCUT2D eigenvalue weighted by Gasteiger charge is -2.22. The highest BCUT2D eigenvalue weighted by atomic mass is 16.2. The van der Waals surface area contributed by atoms with E-state index in [-0.39, 0.29) is 24.2 Å². The van der Waals surface area contributed by atoms with Gasteiger partial charge < -0.3 is 5.32 Å². The average Bonchev–Trinajstić information content (AvgIpc) is 3.06. The van der Waals surface area contributed by atoms with Crippen molar-refractivity contribution >= 4 is 23.5 Å². The Labute approximate surface area is 142 Å². The zero-order chi connectivity index (χ0) is 17.2. The number of para-hydroxylation sites is 1. The van der Waals surface area contributed by atoms with Crippen LogP contribution in [-0.2, 0) is 9.59 Å². The van der Waals surface area contributed by atoms with Gasteiger partial charge in [-0.05, 0) is 24.3 Å². The van der Waals surface area contributed by atoms with Crippen molar-refractivity contribution in [2.75, 3.05) is 10.6 Å². The molecule has 25 heavy (non-hydrogen) atoms. The van der Waals surface area contributed by atoms with Gasteiger partial charge in [-0.2, -0.15) is 4.98 Å². The summed E-state index contributed by atoms with van der Waals surface area (Å²) in [6.45, 7) is 0. The van der Waals surface area contributed by atoms with E-state index >= 15 is 0 Å². The third-order valence-electron chi connectivity index (χ3n) is 3.82. The second-order valence-corrected chi connectivity index (χ2v) is 5.57. The molecule has 0 aliphatic carbocycles. The van der Waals surface area contributed by atoms with E-state index in [1.165, 1.54) is 4.68 Å². The summed E-state index contributed by atoms with van der Waals surface area (Å²) in [5.41, 5.74) is 1.37. The molecule has 0 saturated carbocycles. The topological polar surface area (TPSA) is 102 Å². The van der Waals surface area contributed by atoms with Gasteiger partial charge in [0.2, 0.25) is 17.8 Å². The zero-order valence-electron chi connectivity index (χ0n) is 13.1. The summed E-state index contributed by atoms with van der Waals surface area (Å²) in [6, 6.07) is 11.9. The van der Waals surface area contributed by atoms with Crippen molar-refractivity contribution in [1.82, 2.24) is 19.7 Å². The Kier molecular flexibility index (Phi) is 3.70. The maximum Gasteiger partial charge on any atom is 0.249 e. The van der Waals surface area contributed by atoms with E-state index in [1.54, 1.807) is 30.6 Å². The third-order valence-corrected chi connectivity index (χ3v) is 3.82. The van der Waals surface area contributed by atoms with Gasteiger partial charge in [-0.3, -0.25) is 19.9 Å². The average molecular weight is 334 g/mol. The van der Waals surface area contributed by atoms with Crippen LogP contribution in [0.5, 0.6) is 0 Å². The molecule has 124 valence electrons. The summed E-state index contributed by atoms with van der Waals surface area (Å²) in [5.74, 6) is 0.0712. The summed E-state index contributed by atoms with van der Waals surface area (Å²) in [7, 11) is 0. The van der Waals surface area contributed by atoms with Gasteiger partial charge in [0.1, 0.15) is 6.04 Å². The molecule has 8 heteroatoms. The molecule has 1 aromatic carbocycles. The lowest BCUT2D eigenvalue weighted by molar-refractivity contribution is -0.125. The van der Waals surface area contributed by atoms with Gasteiger partial charge in [0.25, 0.3) is 0 Å². The molecule has 1 atom stereocenters. The minimum absolute atomic E-state index is 0.00149. The summed E-state index contributed by atoms with van der Waals surface area (Å²) in [5, 5.41) is 9.84. The van der Waals surface area contributed by atoms with Gasteiger partial charge in [0, 0.05) is 23.6 Å². The van der Waals surface area contributed by atoms with Crippen molar-refractivity contribution in [2.45, 2.75) is 12.5 Å². The van der Waals surface area contributed by atoms with Crippen molar-refractivity contribution in [2.24, 2.45) is 0 Å². The number of benzene rings is 1. The molecule has 3 aromatic rings. The normalized spacial score (nSPS) is 16.0. The first-order valence-electron chi connectivity index (χ1n) is 7.73. The lowest BCUT2D eigenvalue weighted by Crippen LogP contribution is -2.36. The fourth-order valence-electron chi connectivity index (χ4n) is 2.63. The summed E-state index contributed by atoms with van der Waals surface area (Å²) >= 11 is 0. The van der Waals surface area contributed by atoms with Crippen LogP contribution in [0.25, 0.3) is 11.4 Å². The van der Waals surface area contributed by atoms with Crippen LogP contribution in [0.1, 0.15) is 12.5 Å². The van der Waals surface area contributed by atoms with E-state index in [1.807, 2.05) is 24.3 Å². The van der Waals surface area contributed by atoms with Crippen LogP contribution in [0.4, 0.5) is 11.6 Å². The van der Waals surface area contributed by atoms with E-state index < -0.39 is 6.04 Å². The molecule has 0 radical (unpaired) electrons. The van der Waals surface area contributed by atoms with Gasteiger partial charge in [-0.1, -0.05) is 18.2 Å². The Morgan fingerprint density at radius 1 is 1.20 bits per heavy atom. The van der Waals surface area contributed by atoms with Crippen molar-refractivity contribution < 1.29 is 9.59 Å². The molecule has 1 aliphatic heterocycles. The number of aromatic nitrogens is 4. The first-order chi connectivity index (χ1) is 12.2. The molecule has 0 fully saturated rings. The smallest absolute Gasteiger partial charge is 0.249 e. The number of carbonyl (C=O) groups is 2. The van der Waals surface area contributed by atoms with Gasteiger partial charge in [0.15, 0.2) is 5.82 Å². The number of carbonyl (C=O) groups excluding carboxylic acids is 2. The standard InChI is InChI=1S/C17H14N6O2/c24-14-9-13(16(25)19-12-6-2-1-3-7-12)23-17(20-14)21-15(22-23)11-5-4-8-18-10-11/h1-8,10,13H,9H2,(H,19,25)(H,20,21,22,24)/t13-/m1/s1. The van der Waals surface area contributed by atoms with Crippen LogP contribution in [-0.4, -0.2) is 31.6 Å². The minimum atomic E-state index is -0.762. The second kappa shape index (κ2) is 6.16. The molecular formula is C17H14N6O2. The highest BCUT2D eigenvalue weighted by Gasteiger charge is 2.33. The first-order valence-corrected chi connectivity index (χ1v) is 7.73. The summed E-state index contributed by atoms with van der Waals surface area (Å²) in [6.07, 6.45) is 3.28. The van der Waals surface area contributed by atoms with Crippen molar-refractivity contribution in [3.05, 3.63) is 54.9 Å². The van der Waals surface area contributed by atoms with E-state index in [9.17, 15) is 9.59 Å². The summed E-state index contributed by atoms with van der Waals surface area (Å²) in [4.78, 5) is 32.9. The third kappa shape index (κ3) is 2.97. The number of hydrogen-bond acceptors (Lipinski definition) is 5. The first kappa shape index (κ1) is 15.0. The quantitative estimate of drug-likeness (QED) is 0.761. The number of anilines is 2. The Hall–Kier alpha value is -3.55. The molecule has 0 spiro atoms. The maximum atomic E-state index is 12.6. The lowest BCUT2D eigenvalue weighted by atomic mass is 10.1. The molecule has 2 aromatic heterocycles. The number of nitrogens with zero attached hydrogens (tertiary/aromatic N) is 4. The SMILES string of the molecule is O=C1C[C@H](C(=O)Nc2ccccc2)n2nc(-c3cccnc3)nc2N1. The number of amides is 2. The molecule has 2 amide bonds. The molecule has 1 aliphatic rings. The number of nitrogens with one attached hydrogen (secondary N) is 2. The van der Waals surface area contributed by atoms with Crippen LogP contribution in [0, 0.1) is 0 Å². The van der Waals surface area contributed by atoms with Crippen LogP contribution in [0.3, 0.4) is 0 Å². The highest BCUT2D eigenvalue weighted by molar-refractivity contribution is 6.00. The molecule has 0 saturated heterocycles. The van der Waals surface area contributed by atoms with E-state index in [0.29, 0.717) is 17.1 Å². The molecule has 2 N–H and O–H groups in total. The molecular weight excluding hydrogens is 320 g/mol. The van der Waals surface area contributed by atoms with Crippen LogP contribution < -0.4 is 10.6 Å². The Morgan fingerprint density at radius 3 is 2.80 bits per heavy atom. The number of rotatable bonds is 3. The highest BCUT2D eigenvalue weighted by Crippen LogP contribution is 2.27. The van der Waals surface area contributed by atoms with Gasteiger partial charge >= 0.3 is 0 Å². The monoisotopic (exact) mass is 334 g/mol. The van der Waals surface area contributed by atoms with Crippen LogP contribution in [0.15, 0.2) is 54.9 Å². The molecule has 4 rings (SSSR count). The maximum absolute atomic E-state index is 12.6. The Morgan fingerprint density at radius 2 is 2.04 bits per heavy atom. The largest absolute Gasteiger partial charge is 0.324 e. The van der Waals surface area contributed by atoms with E-state index in [0.717, 1.165) is 0 Å². The van der Waals surface area contributed by atoms with Gasteiger partial charge in [0.05, 0.1) is 6.42 Å². The van der Waals surface area contributed by atoms with E-state index in [2.05, 4.69) is 25.7 Å². The second-order valence-electron chi connectivity index (χ2n) is 5.57. The van der Waals surface area contributed by atoms with Gasteiger partial charge in [-0.15, -0.1) is 5.10 Å². The van der Waals surface area contributed by atoms with Crippen LogP contribution in [0.2, 0.25) is 0 Å². The summed E-state index contributed by atoms with van der Waals surface area (Å²) < 4.78 is 1.45. The van der Waals surface area contributed by atoms with Crippen molar-refractivity contribution in [1.29, 1.82) is 0 Å². The van der Waals surface area contributed by atoms with Crippen LogP contribution >= 0.6 is 0 Å². The molecule has 3 heterocycles. The van der Waals surface area contributed by atoms with Crippen molar-refractivity contribution in [3.8, 4) is 11.4 Å². The molecule has 0 unspecified atom stereocenters. The number of fused-ring (bicyclic) bond motifs is 1. The zero-order valence-corrected chi connectivity index (χ0v) is 13.1. The minimum Gasteiger partial charge on any atom is -0.324 e. The van der Waals surface area contributed by atoms with E-state index in [4.69, 9.17) is 0 Å².